The number of hydrogen-bond acceptors (Lipinski definition) is 7. The lowest BCUT2D eigenvalue weighted by Gasteiger charge is -1.99. The van der Waals surface area contributed by atoms with Crippen LogP contribution >= 0.6 is 11.3 Å². The van der Waals surface area contributed by atoms with Crippen molar-refractivity contribution in [2.75, 3.05) is 17.6 Å². The van der Waals surface area contributed by atoms with E-state index < -0.39 is 0 Å². The van der Waals surface area contributed by atoms with E-state index in [0.717, 1.165) is 17.8 Å². The van der Waals surface area contributed by atoms with Crippen LogP contribution in [0, 0.1) is 12.8 Å². The van der Waals surface area contributed by atoms with Crippen molar-refractivity contribution >= 4 is 27.8 Å². The van der Waals surface area contributed by atoms with E-state index >= 15 is 0 Å². The van der Waals surface area contributed by atoms with Gasteiger partial charge in [-0.25, -0.2) is 0 Å². The number of carbonyl (C=O) groups is 1. The molecular formula is C13H16N4O2S. The molecule has 2 heterocycles. The topological polar surface area (TPSA) is 94.0 Å². The van der Waals surface area contributed by atoms with Crippen molar-refractivity contribution in [2.24, 2.45) is 5.92 Å². The number of aromatic nitrogens is 2. The van der Waals surface area contributed by atoms with Gasteiger partial charge in [0.1, 0.15) is 0 Å². The van der Waals surface area contributed by atoms with Crippen molar-refractivity contribution in [2.45, 2.75) is 26.2 Å². The molecule has 106 valence electrons. The third-order valence-electron chi connectivity index (χ3n) is 3.14. The average Bonchev–Trinajstić information content (AvgIpc) is 3.09. The zero-order valence-corrected chi connectivity index (χ0v) is 12.0. The summed E-state index contributed by atoms with van der Waals surface area (Å²) in [6, 6.07) is 1.82. The lowest BCUT2D eigenvalue weighted by Crippen LogP contribution is -2.03. The van der Waals surface area contributed by atoms with Gasteiger partial charge in [0, 0.05) is 18.9 Å². The van der Waals surface area contributed by atoms with Crippen LogP contribution in [-0.4, -0.2) is 22.5 Å². The minimum absolute atomic E-state index is 0.188. The molecule has 0 spiro atoms. The number of thiophene rings is 1. The molecule has 20 heavy (non-hydrogen) atoms. The Bertz CT molecular complexity index is 630. The summed E-state index contributed by atoms with van der Waals surface area (Å²) < 4.78 is 5.03. The number of aryl methyl sites for hydroxylation is 1. The molecule has 0 aromatic carbocycles. The molecule has 3 N–H and O–H groups in total. The fraction of sp³-hybridized carbons (Fsp3) is 0.462. The normalized spacial score (nSPS) is 14.4. The molecule has 2 aromatic rings. The number of rotatable bonds is 6. The second-order valence-electron chi connectivity index (χ2n) is 4.95. The molecule has 1 saturated carbocycles. The van der Waals surface area contributed by atoms with Crippen molar-refractivity contribution in [3.8, 4) is 0 Å². The standard InChI is InChI=1S/C13H16N4O2S/c1-7-16-10(19-17-7)4-5-15-11-6-9(14)13(20-11)12(18)8-2-3-8/h6,8,15H,2-5,14H2,1H3. The minimum Gasteiger partial charge on any atom is -0.397 e. The Morgan fingerprint density at radius 2 is 2.40 bits per heavy atom. The smallest absolute Gasteiger partial charge is 0.228 e. The van der Waals surface area contributed by atoms with Crippen LogP contribution in [0.2, 0.25) is 0 Å². The SMILES string of the molecule is Cc1noc(CCNc2cc(N)c(C(=O)C3CC3)s2)n1. The van der Waals surface area contributed by atoms with E-state index in [9.17, 15) is 4.79 Å². The quantitative estimate of drug-likeness (QED) is 0.793. The Hall–Kier alpha value is -1.89. The molecule has 1 fully saturated rings. The Balaban J connectivity index is 1.57. The summed E-state index contributed by atoms with van der Waals surface area (Å²) >= 11 is 1.42. The number of nitrogens with zero attached hydrogens (tertiary/aromatic N) is 2. The molecule has 0 aliphatic heterocycles. The second kappa shape index (κ2) is 5.24. The molecule has 1 aliphatic carbocycles. The van der Waals surface area contributed by atoms with Crippen molar-refractivity contribution in [3.63, 3.8) is 0 Å². The van der Waals surface area contributed by atoms with Gasteiger partial charge in [0.05, 0.1) is 15.6 Å². The van der Waals surface area contributed by atoms with Gasteiger partial charge in [-0.3, -0.25) is 4.79 Å². The highest BCUT2D eigenvalue weighted by Crippen LogP contribution is 2.38. The van der Waals surface area contributed by atoms with Gasteiger partial charge in [-0.2, -0.15) is 4.98 Å². The summed E-state index contributed by atoms with van der Waals surface area (Å²) in [5.74, 6) is 1.63. The number of Topliss-reactive ketones (excluding diaryl/α,β-unsaturated/α-hetero) is 1. The predicted octanol–water partition coefficient (Wildman–Crippen LogP) is 2.27. The summed E-state index contributed by atoms with van der Waals surface area (Å²) in [6.45, 7) is 2.45. The van der Waals surface area contributed by atoms with Gasteiger partial charge in [0.15, 0.2) is 11.6 Å². The highest BCUT2D eigenvalue weighted by molar-refractivity contribution is 7.18. The molecule has 0 saturated heterocycles. The van der Waals surface area contributed by atoms with Crippen LogP contribution in [0.5, 0.6) is 0 Å². The van der Waals surface area contributed by atoms with E-state index in [-0.39, 0.29) is 11.7 Å². The lowest BCUT2D eigenvalue weighted by molar-refractivity contribution is 0.0972. The number of carbonyl (C=O) groups excluding carboxylic acids is 1. The van der Waals surface area contributed by atoms with Gasteiger partial charge in [-0.15, -0.1) is 11.3 Å². The van der Waals surface area contributed by atoms with Crippen molar-refractivity contribution in [3.05, 3.63) is 22.7 Å². The fourth-order valence-electron chi connectivity index (χ4n) is 1.95. The van der Waals surface area contributed by atoms with Crippen molar-refractivity contribution in [1.82, 2.24) is 10.1 Å². The minimum atomic E-state index is 0.188. The fourth-order valence-corrected chi connectivity index (χ4v) is 2.97. The van der Waals surface area contributed by atoms with Crippen molar-refractivity contribution in [1.29, 1.82) is 0 Å². The van der Waals surface area contributed by atoms with E-state index in [1.54, 1.807) is 6.92 Å². The zero-order valence-electron chi connectivity index (χ0n) is 11.2. The first-order chi connectivity index (χ1) is 9.63. The van der Waals surface area contributed by atoms with Crippen LogP contribution in [0.1, 0.15) is 34.2 Å². The van der Waals surface area contributed by atoms with E-state index in [4.69, 9.17) is 10.3 Å². The first-order valence-corrected chi connectivity index (χ1v) is 7.41. The van der Waals surface area contributed by atoms with Crippen LogP contribution in [-0.2, 0) is 6.42 Å². The molecular weight excluding hydrogens is 276 g/mol. The molecule has 0 amide bonds. The zero-order chi connectivity index (χ0) is 14.1. The number of nitrogens with one attached hydrogen (secondary N) is 1. The molecule has 6 nitrogen and oxygen atoms in total. The maximum atomic E-state index is 12.0. The van der Waals surface area contributed by atoms with Gasteiger partial charge in [0.25, 0.3) is 0 Å². The Kier molecular flexibility index (Phi) is 3.43. The largest absolute Gasteiger partial charge is 0.397 e. The van der Waals surface area contributed by atoms with E-state index in [0.29, 0.717) is 35.2 Å². The van der Waals surface area contributed by atoms with Gasteiger partial charge < -0.3 is 15.6 Å². The summed E-state index contributed by atoms with van der Waals surface area (Å²) in [7, 11) is 0. The highest BCUT2D eigenvalue weighted by Gasteiger charge is 2.32. The number of ketones is 1. The third kappa shape index (κ3) is 2.82. The molecule has 0 radical (unpaired) electrons. The maximum absolute atomic E-state index is 12.0. The molecule has 0 bridgehead atoms. The summed E-state index contributed by atoms with van der Waals surface area (Å²) in [4.78, 5) is 16.8. The predicted molar refractivity (Wildman–Crippen MR) is 77.0 cm³/mol. The molecule has 3 rings (SSSR count). The van der Waals surface area contributed by atoms with Crippen LogP contribution in [0.25, 0.3) is 0 Å². The molecule has 1 aliphatic rings. The van der Waals surface area contributed by atoms with Crippen LogP contribution in [0.4, 0.5) is 10.7 Å². The number of nitrogen functional groups attached to an aromatic ring is 1. The van der Waals surface area contributed by atoms with Gasteiger partial charge in [-0.05, 0) is 25.8 Å². The van der Waals surface area contributed by atoms with Gasteiger partial charge >= 0.3 is 0 Å². The van der Waals surface area contributed by atoms with Crippen LogP contribution in [0.15, 0.2) is 10.6 Å². The molecule has 0 atom stereocenters. The van der Waals surface area contributed by atoms with E-state index in [1.165, 1.54) is 11.3 Å². The summed E-state index contributed by atoms with van der Waals surface area (Å²) in [5.41, 5.74) is 6.48. The number of hydrogen-bond donors (Lipinski definition) is 2. The van der Waals surface area contributed by atoms with E-state index in [2.05, 4.69) is 15.5 Å². The molecule has 0 unspecified atom stereocenters. The Morgan fingerprint density at radius 3 is 3.05 bits per heavy atom. The highest BCUT2D eigenvalue weighted by atomic mass is 32.1. The lowest BCUT2D eigenvalue weighted by atomic mass is 10.2. The van der Waals surface area contributed by atoms with Crippen LogP contribution in [0.3, 0.4) is 0 Å². The Morgan fingerprint density at radius 1 is 1.60 bits per heavy atom. The third-order valence-corrected chi connectivity index (χ3v) is 4.26. The summed E-state index contributed by atoms with van der Waals surface area (Å²) in [5, 5.41) is 7.88. The maximum Gasteiger partial charge on any atom is 0.228 e. The van der Waals surface area contributed by atoms with Crippen molar-refractivity contribution < 1.29 is 9.32 Å². The van der Waals surface area contributed by atoms with Gasteiger partial charge in [-0.1, -0.05) is 5.16 Å². The summed E-state index contributed by atoms with van der Waals surface area (Å²) in [6.07, 6.45) is 2.63. The first-order valence-electron chi connectivity index (χ1n) is 6.60. The number of anilines is 2. The van der Waals surface area contributed by atoms with Gasteiger partial charge in [0.2, 0.25) is 5.89 Å². The molecule has 2 aromatic heterocycles. The molecule has 7 heteroatoms. The average molecular weight is 292 g/mol. The first kappa shape index (κ1) is 13.1. The monoisotopic (exact) mass is 292 g/mol. The number of nitrogens with two attached hydrogens (primary N) is 1. The van der Waals surface area contributed by atoms with Crippen LogP contribution < -0.4 is 11.1 Å². The Labute approximate surface area is 120 Å². The second-order valence-corrected chi connectivity index (χ2v) is 6.00. The van der Waals surface area contributed by atoms with E-state index in [1.807, 2.05) is 6.07 Å².